The van der Waals surface area contributed by atoms with Crippen molar-refractivity contribution < 1.29 is 13.9 Å². The van der Waals surface area contributed by atoms with Crippen LogP contribution in [0.25, 0.3) is 6.08 Å². The fourth-order valence-corrected chi connectivity index (χ4v) is 2.59. The molecule has 0 bridgehead atoms. The average molecular weight is 297 g/mol. The van der Waals surface area contributed by atoms with Crippen LogP contribution < -0.4 is 0 Å². The van der Waals surface area contributed by atoms with E-state index >= 15 is 0 Å². The summed E-state index contributed by atoms with van der Waals surface area (Å²) in [6, 6.07) is 11.9. The van der Waals surface area contributed by atoms with Crippen LogP contribution in [-0.4, -0.2) is 30.5 Å². The molecule has 0 saturated heterocycles. The summed E-state index contributed by atoms with van der Waals surface area (Å²) in [5.41, 5.74) is 2.55. The van der Waals surface area contributed by atoms with E-state index < -0.39 is 0 Å². The second-order valence-corrected chi connectivity index (χ2v) is 5.47. The Balaban J connectivity index is 1.56. The highest BCUT2D eigenvalue weighted by Crippen LogP contribution is 2.20. The zero-order valence-electron chi connectivity index (χ0n) is 12.6. The Labute approximate surface area is 130 Å². The van der Waals surface area contributed by atoms with Gasteiger partial charge < -0.3 is 14.1 Å². The first-order chi connectivity index (χ1) is 10.7. The SMILES string of the molecule is CN(C[C@H]1Cc2ccccc2CO1)C(=O)/C=C/c1ccco1. The number of likely N-dealkylation sites (N-methyl/N-ethyl adjacent to an activating group) is 1. The second kappa shape index (κ2) is 6.62. The van der Waals surface area contributed by atoms with Crippen molar-refractivity contribution in [1.82, 2.24) is 4.90 Å². The predicted octanol–water partition coefficient (Wildman–Crippen LogP) is 2.89. The van der Waals surface area contributed by atoms with Gasteiger partial charge >= 0.3 is 0 Å². The fraction of sp³-hybridized carbons (Fsp3) is 0.278. The molecule has 1 atom stereocenters. The summed E-state index contributed by atoms with van der Waals surface area (Å²) in [7, 11) is 1.79. The molecule has 0 fully saturated rings. The molecule has 1 amide bonds. The van der Waals surface area contributed by atoms with E-state index in [0.29, 0.717) is 18.9 Å². The predicted molar refractivity (Wildman–Crippen MR) is 84.1 cm³/mol. The number of furan rings is 1. The molecule has 4 nitrogen and oxygen atoms in total. The number of amides is 1. The van der Waals surface area contributed by atoms with Crippen molar-refractivity contribution >= 4 is 12.0 Å². The van der Waals surface area contributed by atoms with Gasteiger partial charge in [0.1, 0.15) is 5.76 Å². The molecule has 2 heterocycles. The largest absolute Gasteiger partial charge is 0.465 e. The Hall–Kier alpha value is -2.33. The van der Waals surface area contributed by atoms with E-state index in [1.165, 1.54) is 17.2 Å². The minimum atomic E-state index is -0.0566. The molecule has 1 aromatic carbocycles. The number of hydrogen-bond donors (Lipinski definition) is 0. The highest BCUT2D eigenvalue weighted by Gasteiger charge is 2.21. The second-order valence-electron chi connectivity index (χ2n) is 5.47. The molecule has 22 heavy (non-hydrogen) atoms. The zero-order chi connectivity index (χ0) is 15.4. The zero-order valence-corrected chi connectivity index (χ0v) is 12.6. The Morgan fingerprint density at radius 1 is 1.27 bits per heavy atom. The first-order valence-corrected chi connectivity index (χ1v) is 7.37. The van der Waals surface area contributed by atoms with Crippen molar-refractivity contribution in [3.05, 3.63) is 65.6 Å². The van der Waals surface area contributed by atoms with E-state index in [1.807, 2.05) is 18.2 Å². The van der Waals surface area contributed by atoms with Gasteiger partial charge in [0.25, 0.3) is 0 Å². The number of carbonyl (C=O) groups excluding carboxylic acids is 1. The number of carbonyl (C=O) groups is 1. The number of hydrogen-bond acceptors (Lipinski definition) is 3. The average Bonchev–Trinajstić information content (AvgIpc) is 3.06. The molecule has 0 N–H and O–H groups in total. The van der Waals surface area contributed by atoms with Gasteiger partial charge in [-0.15, -0.1) is 0 Å². The Morgan fingerprint density at radius 3 is 2.86 bits per heavy atom. The molecule has 114 valence electrons. The van der Waals surface area contributed by atoms with Gasteiger partial charge in [-0.1, -0.05) is 24.3 Å². The van der Waals surface area contributed by atoms with Crippen LogP contribution in [0.1, 0.15) is 16.9 Å². The van der Waals surface area contributed by atoms with Gasteiger partial charge in [-0.05, 0) is 29.3 Å². The summed E-state index contributed by atoms with van der Waals surface area (Å²) in [6.45, 7) is 1.20. The molecule has 0 unspecified atom stereocenters. The number of rotatable bonds is 4. The van der Waals surface area contributed by atoms with E-state index in [-0.39, 0.29) is 12.0 Å². The lowest BCUT2D eigenvalue weighted by atomic mass is 9.99. The van der Waals surface area contributed by atoms with Crippen molar-refractivity contribution in [3.8, 4) is 0 Å². The van der Waals surface area contributed by atoms with Crippen LogP contribution in [0.3, 0.4) is 0 Å². The summed E-state index contributed by atoms with van der Waals surface area (Å²) in [6.07, 6.45) is 5.67. The number of benzene rings is 1. The fourth-order valence-electron chi connectivity index (χ4n) is 2.59. The van der Waals surface area contributed by atoms with Crippen LogP contribution >= 0.6 is 0 Å². The Kier molecular flexibility index (Phi) is 4.39. The van der Waals surface area contributed by atoms with E-state index in [2.05, 4.69) is 12.1 Å². The monoisotopic (exact) mass is 297 g/mol. The van der Waals surface area contributed by atoms with Gasteiger partial charge in [-0.3, -0.25) is 4.79 Å². The maximum atomic E-state index is 12.1. The van der Waals surface area contributed by atoms with Crippen molar-refractivity contribution in [1.29, 1.82) is 0 Å². The van der Waals surface area contributed by atoms with Crippen LogP contribution in [0.2, 0.25) is 0 Å². The van der Waals surface area contributed by atoms with Crippen LogP contribution in [0.5, 0.6) is 0 Å². The highest BCUT2D eigenvalue weighted by atomic mass is 16.5. The third-order valence-corrected chi connectivity index (χ3v) is 3.83. The molecule has 1 aliphatic heterocycles. The number of nitrogens with zero attached hydrogens (tertiary/aromatic N) is 1. The molecule has 4 heteroatoms. The molecule has 0 saturated carbocycles. The normalized spacial score (nSPS) is 17.4. The van der Waals surface area contributed by atoms with Gasteiger partial charge in [0.2, 0.25) is 5.91 Å². The van der Waals surface area contributed by atoms with E-state index in [4.69, 9.17) is 9.15 Å². The lowest BCUT2D eigenvalue weighted by Crippen LogP contribution is -2.37. The summed E-state index contributed by atoms with van der Waals surface area (Å²) in [5, 5.41) is 0. The van der Waals surface area contributed by atoms with Crippen LogP contribution in [-0.2, 0) is 22.6 Å². The van der Waals surface area contributed by atoms with Gasteiger partial charge in [-0.25, -0.2) is 0 Å². The lowest BCUT2D eigenvalue weighted by molar-refractivity contribution is -0.126. The van der Waals surface area contributed by atoms with Gasteiger partial charge in [0.15, 0.2) is 0 Å². The Bertz CT molecular complexity index is 661. The quantitative estimate of drug-likeness (QED) is 0.815. The summed E-state index contributed by atoms with van der Waals surface area (Å²) < 4.78 is 11.0. The molecular formula is C18H19NO3. The molecule has 0 aliphatic carbocycles. The third kappa shape index (κ3) is 3.46. The Morgan fingerprint density at radius 2 is 2.09 bits per heavy atom. The summed E-state index contributed by atoms with van der Waals surface area (Å²) in [5.74, 6) is 0.614. The van der Waals surface area contributed by atoms with Gasteiger partial charge in [-0.2, -0.15) is 0 Å². The lowest BCUT2D eigenvalue weighted by Gasteiger charge is -2.28. The van der Waals surface area contributed by atoms with Crippen molar-refractivity contribution in [2.75, 3.05) is 13.6 Å². The number of fused-ring (bicyclic) bond motifs is 1. The van der Waals surface area contributed by atoms with E-state index in [9.17, 15) is 4.79 Å². The van der Waals surface area contributed by atoms with Crippen LogP contribution in [0.15, 0.2) is 53.2 Å². The van der Waals surface area contributed by atoms with Crippen molar-refractivity contribution in [2.24, 2.45) is 0 Å². The molecule has 3 rings (SSSR count). The van der Waals surface area contributed by atoms with Crippen LogP contribution in [0.4, 0.5) is 0 Å². The minimum Gasteiger partial charge on any atom is -0.465 e. The van der Waals surface area contributed by atoms with Crippen molar-refractivity contribution in [2.45, 2.75) is 19.1 Å². The molecule has 0 radical (unpaired) electrons. The molecule has 1 aromatic heterocycles. The highest BCUT2D eigenvalue weighted by molar-refractivity contribution is 5.91. The van der Waals surface area contributed by atoms with Gasteiger partial charge in [0, 0.05) is 26.1 Å². The number of ether oxygens (including phenoxy) is 1. The van der Waals surface area contributed by atoms with Gasteiger partial charge in [0.05, 0.1) is 19.0 Å². The topological polar surface area (TPSA) is 42.7 Å². The van der Waals surface area contributed by atoms with E-state index in [1.54, 1.807) is 30.4 Å². The molecule has 1 aliphatic rings. The molecule has 0 spiro atoms. The smallest absolute Gasteiger partial charge is 0.246 e. The van der Waals surface area contributed by atoms with Crippen LogP contribution in [0, 0.1) is 0 Å². The third-order valence-electron chi connectivity index (χ3n) is 3.83. The summed E-state index contributed by atoms with van der Waals surface area (Å²) >= 11 is 0. The maximum Gasteiger partial charge on any atom is 0.246 e. The van der Waals surface area contributed by atoms with Crippen molar-refractivity contribution in [3.63, 3.8) is 0 Å². The minimum absolute atomic E-state index is 0.0425. The summed E-state index contributed by atoms with van der Waals surface area (Å²) in [4.78, 5) is 13.8. The van der Waals surface area contributed by atoms with E-state index in [0.717, 1.165) is 6.42 Å². The standard InChI is InChI=1S/C18H19NO3/c1-19(18(20)9-8-16-7-4-10-21-16)12-17-11-14-5-2-3-6-15(14)13-22-17/h2-10,17H,11-13H2,1H3/b9-8+/t17-/m1/s1. The molecule has 2 aromatic rings. The maximum absolute atomic E-state index is 12.1. The first-order valence-electron chi connectivity index (χ1n) is 7.37. The first kappa shape index (κ1) is 14.6. The molecular weight excluding hydrogens is 278 g/mol.